The molecule has 0 aromatic rings. The zero-order valence-corrected chi connectivity index (χ0v) is 13.4. The van der Waals surface area contributed by atoms with Gasteiger partial charge in [0.2, 0.25) is 5.91 Å². The SMILES string of the molecule is CC1CC(C#N)(C(=O)N2CCCC(C(C)(C)C)CC2)C1. The van der Waals surface area contributed by atoms with E-state index in [9.17, 15) is 10.1 Å². The molecule has 1 aliphatic heterocycles. The average molecular weight is 276 g/mol. The molecule has 1 unspecified atom stereocenters. The van der Waals surface area contributed by atoms with Crippen LogP contribution in [0.1, 0.15) is 59.8 Å². The predicted octanol–water partition coefficient (Wildman–Crippen LogP) is 3.60. The van der Waals surface area contributed by atoms with E-state index in [1.54, 1.807) is 0 Å². The largest absolute Gasteiger partial charge is 0.341 e. The fraction of sp³-hybridized carbons (Fsp3) is 0.882. The van der Waals surface area contributed by atoms with Crippen LogP contribution in [0.25, 0.3) is 0 Å². The lowest BCUT2D eigenvalue weighted by atomic mass is 9.62. The van der Waals surface area contributed by atoms with Crippen LogP contribution in [0, 0.1) is 34.0 Å². The molecule has 2 aliphatic rings. The summed E-state index contributed by atoms with van der Waals surface area (Å²) >= 11 is 0. The van der Waals surface area contributed by atoms with Gasteiger partial charge in [0.15, 0.2) is 0 Å². The Morgan fingerprint density at radius 3 is 2.40 bits per heavy atom. The summed E-state index contributed by atoms with van der Waals surface area (Å²) in [7, 11) is 0. The molecule has 1 amide bonds. The predicted molar refractivity (Wildman–Crippen MR) is 79.8 cm³/mol. The highest BCUT2D eigenvalue weighted by Crippen LogP contribution is 2.46. The monoisotopic (exact) mass is 276 g/mol. The lowest BCUT2D eigenvalue weighted by molar-refractivity contribution is -0.145. The molecule has 0 radical (unpaired) electrons. The first-order valence-corrected chi connectivity index (χ1v) is 7.99. The van der Waals surface area contributed by atoms with Crippen LogP contribution in [0.15, 0.2) is 0 Å². The summed E-state index contributed by atoms with van der Waals surface area (Å²) < 4.78 is 0. The molecule has 0 spiro atoms. The zero-order chi connectivity index (χ0) is 15.0. The van der Waals surface area contributed by atoms with Crippen molar-refractivity contribution in [1.82, 2.24) is 4.90 Å². The zero-order valence-electron chi connectivity index (χ0n) is 13.4. The molecule has 1 saturated carbocycles. The van der Waals surface area contributed by atoms with E-state index in [4.69, 9.17) is 0 Å². The number of carbonyl (C=O) groups excluding carboxylic acids is 1. The van der Waals surface area contributed by atoms with Crippen molar-refractivity contribution >= 4 is 5.91 Å². The molecule has 0 aromatic carbocycles. The minimum atomic E-state index is -0.693. The lowest BCUT2D eigenvalue weighted by Gasteiger charge is -2.42. The van der Waals surface area contributed by atoms with Crippen LogP contribution >= 0.6 is 0 Å². The summed E-state index contributed by atoms with van der Waals surface area (Å²) in [5.74, 6) is 1.30. The van der Waals surface area contributed by atoms with E-state index in [-0.39, 0.29) is 5.91 Å². The minimum Gasteiger partial charge on any atom is -0.341 e. The standard InChI is InChI=1S/C17H28N2O/c1-13-10-17(11-13,12-18)15(20)19-8-5-6-14(7-9-19)16(2,3)4/h13-14H,5-11H2,1-4H3. The van der Waals surface area contributed by atoms with Gasteiger partial charge in [-0.1, -0.05) is 27.7 Å². The molecule has 20 heavy (non-hydrogen) atoms. The number of nitrogens with zero attached hydrogens (tertiary/aromatic N) is 2. The second-order valence-corrected chi connectivity index (χ2v) is 7.99. The van der Waals surface area contributed by atoms with E-state index in [1.807, 2.05) is 4.90 Å². The molecule has 0 aromatic heterocycles. The van der Waals surface area contributed by atoms with Crippen molar-refractivity contribution in [3.63, 3.8) is 0 Å². The molecule has 1 saturated heterocycles. The maximum Gasteiger partial charge on any atom is 0.243 e. The Hall–Kier alpha value is -1.04. The maximum atomic E-state index is 12.7. The molecule has 0 bridgehead atoms. The smallest absolute Gasteiger partial charge is 0.243 e. The summed E-state index contributed by atoms with van der Waals surface area (Å²) in [6.45, 7) is 10.7. The second kappa shape index (κ2) is 5.39. The highest BCUT2D eigenvalue weighted by atomic mass is 16.2. The molecule has 2 rings (SSSR count). The van der Waals surface area contributed by atoms with Gasteiger partial charge >= 0.3 is 0 Å². The summed E-state index contributed by atoms with van der Waals surface area (Å²) in [4.78, 5) is 14.7. The van der Waals surface area contributed by atoms with E-state index in [0.29, 0.717) is 17.3 Å². The van der Waals surface area contributed by atoms with Gasteiger partial charge in [-0.25, -0.2) is 0 Å². The number of likely N-dealkylation sites (tertiary alicyclic amines) is 1. The van der Waals surface area contributed by atoms with Crippen molar-refractivity contribution in [2.45, 2.75) is 59.8 Å². The van der Waals surface area contributed by atoms with E-state index >= 15 is 0 Å². The van der Waals surface area contributed by atoms with E-state index < -0.39 is 5.41 Å². The van der Waals surface area contributed by atoms with Crippen molar-refractivity contribution in [3.05, 3.63) is 0 Å². The van der Waals surface area contributed by atoms with Crippen molar-refractivity contribution in [1.29, 1.82) is 5.26 Å². The van der Waals surface area contributed by atoms with Gasteiger partial charge in [0.1, 0.15) is 5.41 Å². The first-order valence-electron chi connectivity index (χ1n) is 7.99. The third kappa shape index (κ3) is 2.85. The molecule has 1 aliphatic carbocycles. The van der Waals surface area contributed by atoms with Gasteiger partial charge in [0, 0.05) is 13.1 Å². The van der Waals surface area contributed by atoms with Gasteiger partial charge in [-0.3, -0.25) is 4.79 Å². The van der Waals surface area contributed by atoms with Gasteiger partial charge in [0.25, 0.3) is 0 Å². The van der Waals surface area contributed by atoms with Crippen molar-refractivity contribution in [2.75, 3.05) is 13.1 Å². The van der Waals surface area contributed by atoms with E-state index in [2.05, 4.69) is 33.8 Å². The summed E-state index contributed by atoms with van der Waals surface area (Å²) in [6.07, 6.45) is 4.85. The Morgan fingerprint density at radius 1 is 1.25 bits per heavy atom. The second-order valence-electron chi connectivity index (χ2n) is 7.99. The Balaban J connectivity index is 2.01. The molecule has 3 nitrogen and oxygen atoms in total. The van der Waals surface area contributed by atoms with Gasteiger partial charge in [-0.05, 0) is 49.4 Å². The number of nitriles is 1. The number of rotatable bonds is 1. The maximum absolute atomic E-state index is 12.7. The Kier molecular flexibility index (Phi) is 4.14. The van der Waals surface area contributed by atoms with Crippen molar-refractivity contribution < 1.29 is 4.79 Å². The van der Waals surface area contributed by atoms with Crippen LogP contribution in [0.5, 0.6) is 0 Å². The molecule has 0 N–H and O–H groups in total. The van der Waals surface area contributed by atoms with Crippen LogP contribution in [-0.2, 0) is 4.79 Å². The Morgan fingerprint density at radius 2 is 1.90 bits per heavy atom. The Bertz CT molecular complexity index is 410. The molecule has 3 heteroatoms. The highest BCUT2D eigenvalue weighted by Gasteiger charge is 2.50. The highest BCUT2D eigenvalue weighted by molar-refractivity contribution is 5.86. The molecule has 112 valence electrons. The van der Waals surface area contributed by atoms with E-state index in [0.717, 1.165) is 38.8 Å². The van der Waals surface area contributed by atoms with Crippen LogP contribution in [0.4, 0.5) is 0 Å². The minimum absolute atomic E-state index is 0.104. The topological polar surface area (TPSA) is 44.1 Å². The quantitative estimate of drug-likeness (QED) is 0.734. The average Bonchev–Trinajstić information content (AvgIpc) is 2.58. The van der Waals surface area contributed by atoms with Crippen LogP contribution in [-0.4, -0.2) is 23.9 Å². The van der Waals surface area contributed by atoms with Crippen LogP contribution in [0.2, 0.25) is 0 Å². The summed E-state index contributed by atoms with van der Waals surface area (Å²) in [5, 5.41) is 9.41. The molecule has 1 atom stereocenters. The fourth-order valence-electron chi connectivity index (χ4n) is 3.91. The Labute approximate surface area is 123 Å². The van der Waals surface area contributed by atoms with Crippen molar-refractivity contribution in [2.24, 2.45) is 22.7 Å². The summed E-state index contributed by atoms with van der Waals surface area (Å²) in [5.41, 5.74) is -0.377. The number of carbonyl (C=O) groups is 1. The molecule has 2 fully saturated rings. The van der Waals surface area contributed by atoms with Crippen LogP contribution < -0.4 is 0 Å². The number of hydrogen-bond donors (Lipinski definition) is 0. The lowest BCUT2D eigenvalue weighted by Crippen LogP contribution is -2.50. The van der Waals surface area contributed by atoms with Gasteiger partial charge < -0.3 is 4.90 Å². The molecular weight excluding hydrogens is 248 g/mol. The molecular formula is C17H28N2O. The fourth-order valence-corrected chi connectivity index (χ4v) is 3.91. The first-order chi connectivity index (χ1) is 9.28. The normalized spacial score (nSPS) is 34.9. The number of amides is 1. The van der Waals surface area contributed by atoms with Gasteiger partial charge in [-0.2, -0.15) is 5.26 Å². The third-order valence-corrected chi connectivity index (χ3v) is 5.26. The molecule has 1 heterocycles. The summed E-state index contributed by atoms with van der Waals surface area (Å²) in [6, 6.07) is 2.31. The number of hydrogen-bond acceptors (Lipinski definition) is 2. The first kappa shape index (κ1) is 15.4. The van der Waals surface area contributed by atoms with Crippen molar-refractivity contribution in [3.8, 4) is 6.07 Å². The van der Waals surface area contributed by atoms with Gasteiger partial charge in [-0.15, -0.1) is 0 Å². The third-order valence-electron chi connectivity index (χ3n) is 5.26. The van der Waals surface area contributed by atoms with E-state index in [1.165, 1.54) is 6.42 Å². The van der Waals surface area contributed by atoms with Crippen LogP contribution in [0.3, 0.4) is 0 Å². The van der Waals surface area contributed by atoms with Gasteiger partial charge in [0.05, 0.1) is 6.07 Å².